The first-order valence-electron chi connectivity index (χ1n) is 5.02. The van der Waals surface area contributed by atoms with Gasteiger partial charge < -0.3 is 5.11 Å². The molecule has 1 N–H and O–H groups in total. The number of thiazole rings is 1. The molecule has 0 fully saturated rings. The van der Waals surface area contributed by atoms with Crippen molar-refractivity contribution in [1.82, 2.24) is 4.98 Å². The van der Waals surface area contributed by atoms with Gasteiger partial charge in [0.15, 0.2) is 4.34 Å². The Morgan fingerprint density at radius 1 is 1.47 bits per heavy atom. The minimum atomic E-state index is 0.316. The molecule has 0 saturated carbocycles. The average molecular weight is 239 g/mol. The van der Waals surface area contributed by atoms with E-state index < -0.39 is 0 Å². The van der Waals surface area contributed by atoms with E-state index in [0.29, 0.717) is 5.75 Å². The number of benzene rings is 1. The molecule has 0 aliphatic heterocycles. The van der Waals surface area contributed by atoms with Crippen LogP contribution in [0.2, 0.25) is 0 Å². The lowest BCUT2D eigenvalue weighted by atomic mass is 10.3. The van der Waals surface area contributed by atoms with Gasteiger partial charge in [-0.15, -0.1) is 11.3 Å². The number of nitrogens with zero attached hydrogens (tertiary/aromatic N) is 1. The standard InChI is InChI=1S/C11H13NOS2/c1-2-3-6-14-11-12-9-5-4-8(13)7-10(9)15-11/h4-5,7,13H,2-3,6H2,1H3. The Balaban J connectivity index is 2.16. The summed E-state index contributed by atoms with van der Waals surface area (Å²) in [6.07, 6.45) is 2.45. The number of hydrogen-bond donors (Lipinski definition) is 1. The van der Waals surface area contributed by atoms with E-state index in [9.17, 15) is 5.11 Å². The van der Waals surface area contributed by atoms with Gasteiger partial charge in [0.1, 0.15) is 5.75 Å². The first kappa shape index (κ1) is 10.8. The fourth-order valence-corrected chi connectivity index (χ4v) is 3.51. The van der Waals surface area contributed by atoms with Gasteiger partial charge >= 0.3 is 0 Å². The first-order valence-corrected chi connectivity index (χ1v) is 6.82. The molecule has 2 rings (SSSR count). The van der Waals surface area contributed by atoms with Gasteiger partial charge in [0.2, 0.25) is 0 Å². The zero-order valence-corrected chi connectivity index (χ0v) is 10.2. The summed E-state index contributed by atoms with van der Waals surface area (Å²) in [5.74, 6) is 1.44. The zero-order valence-electron chi connectivity index (χ0n) is 8.56. The van der Waals surface area contributed by atoms with Crippen molar-refractivity contribution < 1.29 is 5.11 Å². The molecule has 0 atom stereocenters. The maximum atomic E-state index is 9.33. The quantitative estimate of drug-likeness (QED) is 0.649. The van der Waals surface area contributed by atoms with Gasteiger partial charge in [-0.1, -0.05) is 25.1 Å². The third kappa shape index (κ3) is 2.63. The fraction of sp³-hybridized carbons (Fsp3) is 0.364. The van der Waals surface area contributed by atoms with E-state index >= 15 is 0 Å². The van der Waals surface area contributed by atoms with Gasteiger partial charge in [-0.3, -0.25) is 0 Å². The van der Waals surface area contributed by atoms with Crippen LogP contribution in [0, 0.1) is 0 Å². The summed E-state index contributed by atoms with van der Waals surface area (Å²) < 4.78 is 2.16. The first-order chi connectivity index (χ1) is 7.29. The van der Waals surface area contributed by atoms with Crippen LogP contribution in [0.5, 0.6) is 5.75 Å². The molecule has 1 aromatic heterocycles. The average Bonchev–Trinajstić information content (AvgIpc) is 2.60. The van der Waals surface area contributed by atoms with E-state index in [1.807, 2.05) is 6.07 Å². The molecule has 0 aliphatic rings. The van der Waals surface area contributed by atoms with Gasteiger partial charge in [-0.2, -0.15) is 0 Å². The molecule has 0 radical (unpaired) electrons. The van der Waals surface area contributed by atoms with Crippen LogP contribution >= 0.6 is 23.1 Å². The van der Waals surface area contributed by atoms with E-state index in [1.165, 1.54) is 12.8 Å². The number of phenolic OH excluding ortho intramolecular Hbond substituents is 1. The predicted octanol–water partition coefficient (Wildman–Crippen LogP) is 3.89. The van der Waals surface area contributed by atoms with Crippen LogP contribution in [0.25, 0.3) is 10.2 Å². The highest BCUT2D eigenvalue weighted by Crippen LogP contribution is 2.31. The highest BCUT2D eigenvalue weighted by atomic mass is 32.2. The molecule has 0 unspecified atom stereocenters. The number of hydrogen-bond acceptors (Lipinski definition) is 4. The van der Waals surface area contributed by atoms with Crippen LogP contribution in [-0.4, -0.2) is 15.8 Å². The zero-order chi connectivity index (χ0) is 10.7. The van der Waals surface area contributed by atoms with Crippen LogP contribution in [0.4, 0.5) is 0 Å². The maximum absolute atomic E-state index is 9.33. The van der Waals surface area contributed by atoms with E-state index in [-0.39, 0.29) is 0 Å². The van der Waals surface area contributed by atoms with Crippen LogP contribution in [0.15, 0.2) is 22.5 Å². The van der Waals surface area contributed by atoms with Crippen molar-refractivity contribution in [2.24, 2.45) is 0 Å². The number of phenols is 1. The summed E-state index contributed by atoms with van der Waals surface area (Å²) in [7, 11) is 0. The molecule has 1 aromatic carbocycles. The minimum absolute atomic E-state index is 0.316. The molecular formula is C11H13NOS2. The van der Waals surface area contributed by atoms with Crippen LogP contribution in [-0.2, 0) is 0 Å². The number of thioether (sulfide) groups is 1. The summed E-state index contributed by atoms with van der Waals surface area (Å²) in [6, 6.07) is 5.32. The van der Waals surface area contributed by atoms with Crippen molar-refractivity contribution in [1.29, 1.82) is 0 Å². The highest BCUT2D eigenvalue weighted by molar-refractivity contribution is 8.01. The summed E-state index contributed by atoms with van der Waals surface area (Å²) in [5, 5.41) is 9.33. The predicted molar refractivity (Wildman–Crippen MR) is 66.9 cm³/mol. The van der Waals surface area contributed by atoms with Crippen molar-refractivity contribution in [2.45, 2.75) is 24.1 Å². The molecule has 2 nitrogen and oxygen atoms in total. The molecule has 0 bridgehead atoms. The lowest BCUT2D eigenvalue weighted by molar-refractivity contribution is 0.476. The van der Waals surface area contributed by atoms with Gasteiger partial charge in [0.05, 0.1) is 10.2 Å². The van der Waals surface area contributed by atoms with Crippen molar-refractivity contribution >= 4 is 33.3 Å². The SMILES string of the molecule is CCCCSc1nc2ccc(O)cc2s1. The number of aromatic nitrogens is 1. The van der Waals surface area contributed by atoms with Gasteiger partial charge in [0, 0.05) is 5.75 Å². The Morgan fingerprint density at radius 2 is 2.33 bits per heavy atom. The molecule has 2 aromatic rings. The van der Waals surface area contributed by atoms with Gasteiger partial charge in [0.25, 0.3) is 0 Å². The molecule has 0 amide bonds. The Labute approximate surface area is 97.4 Å². The second-order valence-corrected chi connectivity index (χ2v) is 5.71. The van der Waals surface area contributed by atoms with Crippen LogP contribution < -0.4 is 0 Å². The maximum Gasteiger partial charge on any atom is 0.151 e. The number of aromatic hydroxyl groups is 1. The van der Waals surface area contributed by atoms with E-state index in [4.69, 9.17) is 0 Å². The molecule has 80 valence electrons. The lowest BCUT2D eigenvalue weighted by Crippen LogP contribution is -1.76. The van der Waals surface area contributed by atoms with Crippen LogP contribution in [0.3, 0.4) is 0 Å². The second-order valence-electron chi connectivity index (χ2n) is 3.33. The van der Waals surface area contributed by atoms with E-state index in [0.717, 1.165) is 20.3 Å². The van der Waals surface area contributed by atoms with Crippen LogP contribution in [0.1, 0.15) is 19.8 Å². The molecular weight excluding hydrogens is 226 g/mol. The summed E-state index contributed by atoms with van der Waals surface area (Å²) in [6.45, 7) is 2.19. The Morgan fingerprint density at radius 3 is 3.13 bits per heavy atom. The number of unbranched alkanes of at least 4 members (excludes halogenated alkanes) is 1. The Hall–Kier alpha value is -0.740. The van der Waals surface area contributed by atoms with Crippen molar-refractivity contribution in [3.8, 4) is 5.75 Å². The van der Waals surface area contributed by atoms with Crippen molar-refractivity contribution in [3.05, 3.63) is 18.2 Å². The minimum Gasteiger partial charge on any atom is -0.508 e. The van der Waals surface area contributed by atoms with Gasteiger partial charge in [-0.25, -0.2) is 4.98 Å². The van der Waals surface area contributed by atoms with Crippen molar-refractivity contribution in [3.63, 3.8) is 0 Å². The summed E-state index contributed by atoms with van der Waals surface area (Å²) in [5.41, 5.74) is 0.983. The smallest absolute Gasteiger partial charge is 0.151 e. The number of rotatable bonds is 4. The highest BCUT2D eigenvalue weighted by Gasteiger charge is 2.04. The second kappa shape index (κ2) is 4.86. The Bertz CT molecular complexity index is 453. The largest absolute Gasteiger partial charge is 0.508 e. The number of fused-ring (bicyclic) bond motifs is 1. The normalized spacial score (nSPS) is 11.0. The molecule has 1 heterocycles. The monoisotopic (exact) mass is 239 g/mol. The third-order valence-electron chi connectivity index (χ3n) is 2.08. The van der Waals surface area contributed by atoms with E-state index in [1.54, 1.807) is 35.2 Å². The summed E-state index contributed by atoms with van der Waals surface area (Å²) in [4.78, 5) is 4.50. The van der Waals surface area contributed by atoms with E-state index in [2.05, 4.69) is 11.9 Å². The fourth-order valence-electron chi connectivity index (χ4n) is 1.26. The third-order valence-corrected chi connectivity index (χ3v) is 4.32. The molecule has 0 aliphatic carbocycles. The molecule has 0 spiro atoms. The summed E-state index contributed by atoms with van der Waals surface area (Å²) >= 11 is 3.46. The molecule has 0 saturated heterocycles. The lowest BCUT2D eigenvalue weighted by Gasteiger charge is -1.92. The van der Waals surface area contributed by atoms with Crippen molar-refractivity contribution in [2.75, 3.05) is 5.75 Å². The Kier molecular flexibility index (Phi) is 3.49. The van der Waals surface area contributed by atoms with Gasteiger partial charge in [-0.05, 0) is 24.6 Å². The molecule has 15 heavy (non-hydrogen) atoms. The topological polar surface area (TPSA) is 33.1 Å². The molecule has 4 heteroatoms.